The van der Waals surface area contributed by atoms with Gasteiger partial charge in [-0.2, -0.15) is 0 Å². The number of nitrogens with zero attached hydrogens (tertiary/aromatic N) is 2. The van der Waals surface area contributed by atoms with Crippen molar-refractivity contribution in [1.29, 1.82) is 0 Å². The third-order valence-electron chi connectivity index (χ3n) is 4.15. The molecule has 1 fully saturated rings. The average molecular weight is 245 g/mol. The number of para-hydroxylation sites is 1. The Morgan fingerprint density at radius 3 is 2.89 bits per heavy atom. The van der Waals surface area contributed by atoms with Gasteiger partial charge in [0.15, 0.2) is 0 Å². The molecule has 1 saturated carbocycles. The Labute approximate surface area is 107 Å². The number of rotatable bonds is 4. The number of fused-ring (bicyclic) bond motifs is 1. The second-order valence-corrected chi connectivity index (χ2v) is 5.57. The summed E-state index contributed by atoms with van der Waals surface area (Å²) in [6.45, 7) is 2.12. The predicted molar refractivity (Wildman–Crippen MR) is 72.1 cm³/mol. The molecule has 0 saturated heterocycles. The van der Waals surface area contributed by atoms with E-state index < -0.39 is 0 Å². The van der Waals surface area contributed by atoms with Crippen LogP contribution in [0.5, 0.6) is 0 Å². The van der Waals surface area contributed by atoms with Crippen LogP contribution < -0.4 is 10.6 Å². The van der Waals surface area contributed by atoms with Crippen molar-refractivity contribution in [3.8, 4) is 0 Å². The summed E-state index contributed by atoms with van der Waals surface area (Å²) in [5, 5.41) is 11.8. The van der Waals surface area contributed by atoms with Gasteiger partial charge in [-0.05, 0) is 36.3 Å². The van der Waals surface area contributed by atoms with Crippen molar-refractivity contribution in [1.82, 2.24) is 0 Å². The van der Waals surface area contributed by atoms with E-state index >= 15 is 0 Å². The van der Waals surface area contributed by atoms with Crippen molar-refractivity contribution in [2.75, 3.05) is 18.0 Å². The van der Waals surface area contributed by atoms with Gasteiger partial charge in [-0.1, -0.05) is 23.4 Å². The smallest absolute Gasteiger partial charge is 0.139 e. The molecule has 0 atom stereocenters. The molecule has 0 aromatic heterocycles. The molecule has 96 valence electrons. The van der Waals surface area contributed by atoms with E-state index in [0.29, 0.717) is 12.3 Å². The zero-order valence-corrected chi connectivity index (χ0v) is 10.5. The molecule has 0 bridgehead atoms. The van der Waals surface area contributed by atoms with Gasteiger partial charge >= 0.3 is 0 Å². The third-order valence-corrected chi connectivity index (χ3v) is 4.15. The van der Waals surface area contributed by atoms with Crippen molar-refractivity contribution >= 4 is 11.5 Å². The first kappa shape index (κ1) is 11.4. The molecule has 3 N–H and O–H groups in total. The Bertz CT molecular complexity index is 480. The first-order chi connectivity index (χ1) is 8.72. The summed E-state index contributed by atoms with van der Waals surface area (Å²) in [4.78, 5) is 2.45. The quantitative estimate of drug-likeness (QED) is 0.369. The maximum absolute atomic E-state index is 8.69. The Morgan fingerprint density at radius 1 is 1.39 bits per heavy atom. The van der Waals surface area contributed by atoms with Gasteiger partial charge in [0.25, 0.3) is 0 Å². The minimum atomic E-state index is 0.244. The topological polar surface area (TPSA) is 61.8 Å². The standard InChI is InChI=1S/C14H19N3O/c15-13(16-18)9-14(6-7-14)10-17-8-5-11-3-1-2-4-12(11)17/h1-4,18H,5-10H2,(H2,15,16). The lowest BCUT2D eigenvalue weighted by Gasteiger charge is -2.25. The lowest BCUT2D eigenvalue weighted by Crippen LogP contribution is -2.31. The van der Waals surface area contributed by atoms with Gasteiger partial charge in [-0.15, -0.1) is 0 Å². The molecular formula is C14H19N3O. The molecular weight excluding hydrogens is 226 g/mol. The SMILES string of the molecule is NC(CC1(CN2CCc3ccccc32)CC1)=NO. The molecule has 18 heavy (non-hydrogen) atoms. The monoisotopic (exact) mass is 245 g/mol. The van der Waals surface area contributed by atoms with Crippen LogP contribution in [-0.4, -0.2) is 24.1 Å². The fraction of sp³-hybridized carbons (Fsp3) is 0.500. The van der Waals surface area contributed by atoms with E-state index in [0.717, 1.165) is 19.5 Å². The lowest BCUT2D eigenvalue weighted by molar-refractivity contribution is 0.314. The summed E-state index contributed by atoms with van der Waals surface area (Å²) in [6.07, 6.45) is 4.21. The summed E-state index contributed by atoms with van der Waals surface area (Å²) in [5.41, 5.74) is 8.70. The zero-order valence-electron chi connectivity index (χ0n) is 10.5. The van der Waals surface area contributed by atoms with Crippen LogP contribution in [0.15, 0.2) is 29.4 Å². The van der Waals surface area contributed by atoms with Crippen LogP contribution in [-0.2, 0) is 6.42 Å². The third kappa shape index (κ3) is 2.03. The Balaban J connectivity index is 1.71. The summed E-state index contributed by atoms with van der Waals surface area (Å²) in [6, 6.07) is 8.60. The lowest BCUT2D eigenvalue weighted by atomic mass is 10.0. The molecule has 0 amide bonds. The minimum Gasteiger partial charge on any atom is -0.409 e. The van der Waals surface area contributed by atoms with E-state index in [9.17, 15) is 0 Å². The van der Waals surface area contributed by atoms with Crippen molar-refractivity contribution in [2.24, 2.45) is 16.3 Å². The van der Waals surface area contributed by atoms with Crippen molar-refractivity contribution in [2.45, 2.75) is 25.7 Å². The second-order valence-electron chi connectivity index (χ2n) is 5.57. The number of amidine groups is 1. The summed E-state index contributed by atoms with van der Waals surface area (Å²) < 4.78 is 0. The molecule has 1 aliphatic heterocycles. The molecule has 1 aliphatic carbocycles. The van der Waals surface area contributed by atoms with E-state index in [1.807, 2.05) is 0 Å². The second kappa shape index (κ2) is 4.19. The Kier molecular flexibility index (Phi) is 2.65. The summed E-state index contributed by atoms with van der Waals surface area (Å²) >= 11 is 0. The maximum atomic E-state index is 8.69. The van der Waals surface area contributed by atoms with E-state index in [4.69, 9.17) is 10.9 Å². The minimum absolute atomic E-state index is 0.244. The van der Waals surface area contributed by atoms with Crippen molar-refractivity contribution in [3.63, 3.8) is 0 Å². The number of oxime groups is 1. The largest absolute Gasteiger partial charge is 0.409 e. The molecule has 1 heterocycles. The van der Waals surface area contributed by atoms with Gasteiger partial charge in [0.1, 0.15) is 5.84 Å². The Morgan fingerprint density at radius 2 is 2.17 bits per heavy atom. The molecule has 0 radical (unpaired) electrons. The summed E-state index contributed by atoms with van der Waals surface area (Å²) in [5.74, 6) is 0.361. The van der Waals surface area contributed by atoms with E-state index in [-0.39, 0.29) is 5.41 Å². The molecule has 4 nitrogen and oxygen atoms in total. The van der Waals surface area contributed by atoms with Crippen molar-refractivity contribution < 1.29 is 5.21 Å². The highest BCUT2D eigenvalue weighted by Gasteiger charge is 2.45. The van der Waals surface area contributed by atoms with Crippen molar-refractivity contribution in [3.05, 3.63) is 29.8 Å². The van der Waals surface area contributed by atoms with Crippen LogP contribution in [0.1, 0.15) is 24.8 Å². The first-order valence-corrected chi connectivity index (χ1v) is 6.52. The molecule has 4 heteroatoms. The normalized spacial score (nSPS) is 20.9. The maximum Gasteiger partial charge on any atom is 0.139 e. The molecule has 3 rings (SSSR count). The average Bonchev–Trinajstić information content (AvgIpc) is 3.02. The van der Waals surface area contributed by atoms with Crippen LogP contribution in [0.25, 0.3) is 0 Å². The predicted octanol–water partition coefficient (Wildman–Crippen LogP) is 1.97. The van der Waals surface area contributed by atoms with Gasteiger partial charge in [0.05, 0.1) is 0 Å². The van der Waals surface area contributed by atoms with E-state index in [1.165, 1.54) is 24.1 Å². The van der Waals surface area contributed by atoms with Gasteiger partial charge in [-0.3, -0.25) is 0 Å². The highest BCUT2D eigenvalue weighted by atomic mass is 16.4. The highest BCUT2D eigenvalue weighted by Crippen LogP contribution is 2.50. The van der Waals surface area contributed by atoms with Gasteiger partial charge < -0.3 is 15.8 Å². The number of benzene rings is 1. The molecule has 2 aliphatic rings. The van der Waals surface area contributed by atoms with E-state index in [2.05, 4.69) is 34.3 Å². The van der Waals surface area contributed by atoms with Crippen LogP contribution in [0, 0.1) is 5.41 Å². The molecule has 0 unspecified atom stereocenters. The summed E-state index contributed by atoms with van der Waals surface area (Å²) in [7, 11) is 0. The fourth-order valence-corrected chi connectivity index (χ4v) is 2.96. The highest BCUT2D eigenvalue weighted by molar-refractivity contribution is 5.80. The van der Waals surface area contributed by atoms with Gasteiger partial charge in [0, 0.05) is 25.2 Å². The Hall–Kier alpha value is -1.71. The van der Waals surface area contributed by atoms with Crippen LogP contribution in [0.4, 0.5) is 5.69 Å². The molecule has 1 aromatic carbocycles. The van der Waals surface area contributed by atoms with Gasteiger partial charge in [-0.25, -0.2) is 0 Å². The number of hydrogen-bond acceptors (Lipinski definition) is 3. The fourth-order valence-electron chi connectivity index (χ4n) is 2.96. The first-order valence-electron chi connectivity index (χ1n) is 6.52. The van der Waals surface area contributed by atoms with Crippen LogP contribution in [0.2, 0.25) is 0 Å². The van der Waals surface area contributed by atoms with Crippen LogP contribution in [0.3, 0.4) is 0 Å². The van der Waals surface area contributed by atoms with Crippen LogP contribution >= 0.6 is 0 Å². The molecule has 0 spiro atoms. The molecule has 1 aromatic rings. The van der Waals surface area contributed by atoms with E-state index in [1.54, 1.807) is 0 Å². The van der Waals surface area contributed by atoms with Gasteiger partial charge in [0.2, 0.25) is 0 Å². The zero-order chi connectivity index (χ0) is 12.6. The number of hydrogen-bond donors (Lipinski definition) is 2. The number of nitrogens with two attached hydrogens (primary N) is 1. The number of anilines is 1.